The predicted octanol–water partition coefficient (Wildman–Crippen LogP) is 7.25. The van der Waals surface area contributed by atoms with Crippen molar-refractivity contribution in [2.75, 3.05) is 18.1 Å². The molecule has 0 unspecified atom stereocenters. The molecule has 1 aromatic heterocycles. The topological polar surface area (TPSA) is 82.9 Å². The minimum atomic E-state index is -4.58. The number of benzene rings is 1. The Kier molecular flexibility index (Phi) is 7.18. The van der Waals surface area contributed by atoms with Crippen LogP contribution < -0.4 is 11.1 Å². The Morgan fingerprint density at radius 2 is 1.81 bits per heavy atom. The largest absolute Gasteiger partial charge is 0.417 e. The second-order valence-electron chi connectivity index (χ2n) is 10.7. The molecule has 0 amide bonds. The third-order valence-corrected chi connectivity index (χ3v) is 8.78. The first-order chi connectivity index (χ1) is 16.7. The molecule has 1 fully saturated rings. The molecule has 0 radical (unpaired) electrons. The van der Waals surface area contributed by atoms with Crippen LogP contribution in [-0.2, 0) is 6.18 Å². The molecule has 4 rings (SSSR count). The molecule has 11 heteroatoms. The van der Waals surface area contributed by atoms with E-state index in [9.17, 15) is 13.2 Å². The Balaban J connectivity index is 1.58. The zero-order valence-electron chi connectivity index (χ0n) is 21.1. The first kappa shape index (κ1) is 26.9. The summed E-state index contributed by atoms with van der Waals surface area (Å²) in [6.45, 7) is 9.08. The summed E-state index contributed by atoms with van der Waals surface area (Å²) in [4.78, 5) is 7.51. The van der Waals surface area contributed by atoms with Crippen molar-refractivity contribution in [1.29, 1.82) is 0 Å². The number of rotatable bonds is 5. The summed E-state index contributed by atoms with van der Waals surface area (Å²) in [5.41, 5.74) is 5.59. The van der Waals surface area contributed by atoms with Gasteiger partial charge in [0.05, 0.1) is 10.6 Å². The Bertz CT molecular complexity index is 1180. The molecule has 2 aliphatic rings. The van der Waals surface area contributed by atoms with Crippen molar-refractivity contribution in [3.05, 3.63) is 45.3 Å². The average molecular weight is 541 g/mol. The van der Waals surface area contributed by atoms with Gasteiger partial charge in [0.1, 0.15) is 0 Å². The Labute approximate surface area is 218 Å². The lowest BCUT2D eigenvalue weighted by Gasteiger charge is -2.53. The normalized spacial score (nSPS) is 20.7. The van der Waals surface area contributed by atoms with Crippen LogP contribution in [0, 0.1) is 0 Å². The van der Waals surface area contributed by atoms with E-state index in [0.29, 0.717) is 23.7 Å². The third-order valence-electron chi connectivity index (χ3n) is 7.18. The number of allylic oxidation sites excluding steroid dienone is 4. The van der Waals surface area contributed by atoms with Gasteiger partial charge in [-0.3, -0.25) is 4.90 Å². The summed E-state index contributed by atoms with van der Waals surface area (Å²) in [6, 6.07) is 2.49. The number of hydrogen-bond acceptors (Lipinski definition) is 6. The van der Waals surface area contributed by atoms with Crippen molar-refractivity contribution in [2.24, 2.45) is 0 Å². The molecule has 196 valence electrons. The van der Waals surface area contributed by atoms with Crippen LogP contribution in [0.3, 0.4) is 0 Å². The number of nitrogens with two attached hydrogens (primary N) is 1. The summed E-state index contributed by atoms with van der Waals surface area (Å²) in [5.74, 6) is 0.114. The van der Waals surface area contributed by atoms with Crippen molar-refractivity contribution in [3.8, 4) is 0 Å². The van der Waals surface area contributed by atoms with Crippen LogP contribution in [0.25, 0.3) is 5.57 Å². The van der Waals surface area contributed by atoms with E-state index in [0.717, 1.165) is 18.9 Å². The minimum absolute atomic E-state index is 0.0189. The number of thioether (sulfide) groups is 1. The highest BCUT2D eigenvalue weighted by Gasteiger charge is 2.43. The van der Waals surface area contributed by atoms with Crippen LogP contribution in [0.15, 0.2) is 29.2 Å². The maximum atomic E-state index is 14.1. The van der Waals surface area contributed by atoms with Crippen molar-refractivity contribution in [1.82, 2.24) is 20.1 Å². The number of piperidine rings is 1. The molecular formula is C25H32ClF3N6S. The minimum Gasteiger partial charge on any atom is -0.368 e. The van der Waals surface area contributed by atoms with Crippen LogP contribution >= 0.6 is 23.4 Å². The number of anilines is 3. The second-order valence-corrected chi connectivity index (χ2v) is 12.5. The maximum Gasteiger partial charge on any atom is 0.417 e. The van der Waals surface area contributed by atoms with Gasteiger partial charge >= 0.3 is 6.18 Å². The fourth-order valence-corrected chi connectivity index (χ4v) is 7.31. The van der Waals surface area contributed by atoms with Gasteiger partial charge in [0.2, 0.25) is 11.9 Å². The molecule has 0 spiro atoms. The molecule has 0 saturated carbocycles. The lowest BCUT2D eigenvalue weighted by Crippen LogP contribution is -2.59. The van der Waals surface area contributed by atoms with Gasteiger partial charge in [-0.05, 0) is 83.0 Å². The van der Waals surface area contributed by atoms with E-state index >= 15 is 0 Å². The molecule has 2 aromatic rings. The number of nitrogens with one attached hydrogen (secondary N) is 2. The number of nitrogens with zero attached hydrogens (tertiary/aromatic N) is 3. The number of halogens is 4. The van der Waals surface area contributed by atoms with E-state index in [1.807, 2.05) is 17.8 Å². The molecule has 2 heterocycles. The van der Waals surface area contributed by atoms with Crippen molar-refractivity contribution in [2.45, 2.75) is 75.9 Å². The van der Waals surface area contributed by atoms with Crippen LogP contribution in [0.5, 0.6) is 0 Å². The van der Waals surface area contributed by atoms with Crippen LogP contribution in [-0.4, -0.2) is 43.5 Å². The first-order valence-electron chi connectivity index (χ1n) is 11.8. The lowest BCUT2D eigenvalue weighted by molar-refractivity contribution is -0.137. The zero-order valence-corrected chi connectivity index (χ0v) is 22.6. The number of aromatic nitrogens is 3. The molecule has 36 heavy (non-hydrogen) atoms. The van der Waals surface area contributed by atoms with Crippen LogP contribution in [0.4, 0.5) is 30.8 Å². The van der Waals surface area contributed by atoms with E-state index in [4.69, 9.17) is 17.3 Å². The Hall–Kier alpha value is -2.17. The van der Waals surface area contributed by atoms with Gasteiger partial charge in [0, 0.05) is 27.6 Å². The summed E-state index contributed by atoms with van der Waals surface area (Å²) in [7, 11) is 2.18. The number of aromatic amines is 1. The number of nitrogen functional groups attached to an aromatic ring is 1. The summed E-state index contributed by atoms with van der Waals surface area (Å²) < 4.78 is 42.2. The summed E-state index contributed by atoms with van der Waals surface area (Å²) >= 11 is 8.29. The zero-order chi connectivity index (χ0) is 26.5. The van der Waals surface area contributed by atoms with Crippen molar-refractivity contribution >= 4 is 46.5 Å². The highest BCUT2D eigenvalue weighted by molar-refractivity contribution is 8.03. The molecule has 1 aromatic carbocycles. The second kappa shape index (κ2) is 9.61. The molecule has 0 bridgehead atoms. The number of hydrogen-bond donors (Lipinski definition) is 3. The van der Waals surface area contributed by atoms with Crippen LogP contribution in [0.1, 0.15) is 64.5 Å². The molecular weight excluding hydrogens is 509 g/mol. The van der Waals surface area contributed by atoms with E-state index in [1.165, 1.54) is 11.0 Å². The lowest BCUT2D eigenvalue weighted by atomic mass is 9.80. The summed E-state index contributed by atoms with van der Waals surface area (Å²) in [5, 5.41) is 9.43. The molecule has 0 atom stereocenters. The van der Waals surface area contributed by atoms with Gasteiger partial charge in [0.15, 0.2) is 0 Å². The summed E-state index contributed by atoms with van der Waals surface area (Å²) in [6.07, 6.45) is 2.46. The van der Waals surface area contributed by atoms with E-state index in [1.54, 1.807) is 6.08 Å². The number of likely N-dealkylation sites (tertiary alicyclic amines) is 1. The Morgan fingerprint density at radius 1 is 1.14 bits per heavy atom. The van der Waals surface area contributed by atoms with E-state index < -0.39 is 11.7 Å². The van der Waals surface area contributed by atoms with Gasteiger partial charge in [-0.25, -0.2) is 5.10 Å². The molecule has 1 aliphatic heterocycles. The van der Waals surface area contributed by atoms with Crippen molar-refractivity contribution in [3.63, 3.8) is 0 Å². The SMILES string of the molecule is CN1C(C)(C)CC(SC2=CC=C(c3c(Cl)cc(Nc4n[nH]c(N)n4)cc3C(F)(F)F)CC2)CC1(C)C. The van der Waals surface area contributed by atoms with Crippen LogP contribution in [0.2, 0.25) is 5.02 Å². The molecule has 1 saturated heterocycles. The Morgan fingerprint density at radius 3 is 2.33 bits per heavy atom. The maximum absolute atomic E-state index is 14.1. The van der Waals surface area contributed by atoms with Gasteiger partial charge in [-0.15, -0.1) is 16.9 Å². The monoisotopic (exact) mass is 540 g/mol. The van der Waals surface area contributed by atoms with Gasteiger partial charge in [-0.1, -0.05) is 23.8 Å². The predicted molar refractivity (Wildman–Crippen MR) is 142 cm³/mol. The van der Waals surface area contributed by atoms with Gasteiger partial charge in [-0.2, -0.15) is 18.2 Å². The fourth-order valence-electron chi connectivity index (χ4n) is 5.19. The average Bonchev–Trinajstić information content (AvgIpc) is 3.16. The standard InChI is InChI=1S/C25H32ClF3N6S/c1-23(2)12-17(13-24(3,4)35(23)5)36-16-8-6-14(7-9-16)20-18(25(27,28)29)10-15(11-19(20)26)31-22-32-21(30)33-34-22/h6,8,10-11,17H,7,9,12-13H2,1-5H3,(H4,30,31,32,33,34). The molecule has 4 N–H and O–H groups in total. The number of H-pyrrole nitrogens is 1. The van der Waals surface area contributed by atoms with Gasteiger partial charge < -0.3 is 11.1 Å². The highest BCUT2D eigenvalue weighted by atomic mass is 35.5. The number of alkyl halides is 3. The smallest absolute Gasteiger partial charge is 0.368 e. The molecule has 6 nitrogen and oxygen atoms in total. The fraction of sp³-hybridized carbons (Fsp3) is 0.520. The van der Waals surface area contributed by atoms with Crippen molar-refractivity contribution < 1.29 is 13.2 Å². The third kappa shape index (κ3) is 5.70. The molecule has 1 aliphatic carbocycles. The van der Waals surface area contributed by atoms with E-state index in [-0.39, 0.29) is 39.2 Å². The quantitative estimate of drug-likeness (QED) is 0.370. The van der Waals surface area contributed by atoms with Gasteiger partial charge in [0.25, 0.3) is 0 Å². The first-order valence-corrected chi connectivity index (χ1v) is 13.1. The highest BCUT2D eigenvalue weighted by Crippen LogP contribution is 2.47. The van der Waals surface area contributed by atoms with E-state index in [2.05, 4.69) is 60.1 Å².